The van der Waals surface area contributed by atoms with E-state index in [4.69, 9.17) is 0 Å². The first kappa shape index (κ1) is 18.3. The fourth-order valence-corrected chi connectivity index (χ4v) is 3.59. The highest BCUT2D eigenvalue weighted by Crippen LogP contribution is 2.18. The Kier molecular flexibility index (Phi) is 6.61. The molecule has 2 rings (SSSR count). The summed E-state index contributed by atoms with van der Waals surface area (Å²) in [5, 5.41) is 0. The molecule has 1 aromatic carbocycles. The molecular formula is C18H25N3O2S. The van der Waals surface area contributed by atoms with Crippen molar-refractivity contribution in [2.24, 2.45) is 0 Å². The monoisotopic (exact) mass is 347 g/mol. The van der Waals surface area contributed by atoms with Gasteiger partial charge in [-0.15, -0.1) is 0 Å². The molecule has 0 unspecified atom stereocenters. The normalized spacial score (nSPS) is 11.2. The fraction of sp³-hybridized carbons (Fsp3) is 0.389. The Morgan fingerprint density at radius 2 is 1.75 bits per heavy atom. The Bertz CT molecular complexity index is 716. The third kappa shape index (κ3) is 5.85. The van der Waals surface area contributed by atoms with E-state index in [2.05, 4.69) is 14.6 Å². The lowest BCUT2D eigenvalue weighted by Gasteiger charge is -2.19. The summed E-state index contributed by atoms with van der Waals surface area (Å²) < 4.78 is 26.4. The summed E-state index contributed by atoms with van der Waals surface area (Å²) >= 11 is 0. The van der Waals surface area contributed by atoms with Crippen molar-refractivity contribution in [3.05, 3.63) is 54.4 Å². The molecule has 130 valence electrons. The predicted molar refractivity (Wildman–Crippen MR) is 100.0 cm³/mol. The van der Waals surface area contributed by atoms with Crippen LogP contribution in [0.5, 0.6) is 0 Å². The molecule has 2 aromatic rings. The highest BCUT2D eigenvalue weighted by atomic mass is 32.2. The van der Waals surface area contributed by atoms with Gasteiger partial charge in [-0.05, 0) is 54.8 Å². The van der Waals surface area contributed by atoms with E-state index in [1.165, 1.54) is 5.56 Å². The maximum absolute atomic E-state index is 11.9. The summed E-state index contributed by atoms with van der Waals surface area (Å²) in [6, 6.07) is 11.5. The van der Waals surface area contributed by atoms with Crippen molar-refractivity contribution in [1.29, 1.82) is 0 Å². The summed E-state index contributed by atoms with van der Waals surface area (Å²) in [6.07, 6.45) is 6.07. The summed E-state index contributed by atoms with van der Waals surface area (Å²) in [5.41, 5.74) is 2.91. The molecule has 0 saturated heterocycles. The van der Waals surface area contributed by atoms with Gasteiger partial charge in [0.15, 0.2) is 0 Å². The van der Waals surface area contributed by atoms with E-state index in [1.807, 2.05) is 50.4 Å². The minimum Gasteiger partial charge on any atom is -0.374 e. The molecule has 24 heavy (non-hydrogen) atoms. The van der Waals surface area contributed by atoms with Crippen molar-refractivity contribution in [3.63, 3.8) is 0 Å². The molecule has 0 fully saturated rings. The molecule has 0 spiro atoms. The lowest BCUT2D eigenvalue weighted by molar-refractivity contribution is 0.598. The van der Waals surface area contributed by atoms with Gasteiger partial charge < -0.3 is 4.90 Å². The Balaban J connectivity index is 1.91. The number of pyridine rings is 1. The lowest BCUT2D eigenvalue weighted by atomic mass is 10.2. The van der Waals surface area contributed by atoms with Gasteiger partial charge in [-0.25, -0.2) is 8.42 Å². The van der Waals surface area contributed by atoms with Gasteiger partial charge in [-0.1, -0.05) is 13.3 Å². The molecule has 0 radical (unpaired) electrons. The highest BCUT2D eigenvalue weighted by molar-refractivity contribution is 7.92. The van der Waals surface area contributed by atoms with Crippen LogP contribution in [-0.2, 0) is 16.4 Å². The third-order valence-electron chi connectivity index (χ3n) is 3.83. The SMILES string of the molecule is CCCCS(=O)(=O)Nc1ccc(N(C)CCc2ccncc2)cc1. The number of benzene rings is 1. The zero-order valence-corrected chi connectivity index (χ0v) is 15.1. The van der Waals surface area contributed by atoms with Crippen molar-refractivity contribution in [3.8, 4) is 0 Å². The van der Waals surface area contributed by atoms with E-state index in [1.54, 1.807) is 12.4 Å². The average molecular weight is 347 g/mol. The quantitative estimate of drug-likeness (QED) is 0.756. The van der Waals surface area contributed by atoms with Crippen molar-refractivity contribution < 1.29 is 8.42 Å². The highest BCUT2D eigenvalue weighted by Gasteiger charge is 2.09. The number of anilines is 2. The summed E-state index contributed by atoms with van der Waals surface area (Å²) in [6.45, 7) is 2.86. The maximum atomic E-state index is 11.9. The number of nitrogens with zero attached hydrogens (tertiary/aromatic N) is 2. The molecule has 0 aliphatic rings. The maximum Gasteiger partial charge on any atom is 0.232 e. The molecule has 1 N–H and O–H groups in total. The van der Waals surface area contributed by atoms with Gasteiger partial charge >= 0.3 is 0 Å². The van der Waals surface area contributed by atoms with Crippen LogP contribution in [0.15, 0.2) is 48.8 Å². The Morgan fingerprint density at radius 1 is 1.08 bits per heavy atom. The molecule has 0 aliphatic carbocycles. The zero-order chi connectivity index (χ0) is 17.4. The van der Waals surface area contributed by atoms with E-state index < -0.39 is 10.0 Å². The smallest absolute Gasteiger partial charge is 0.232 e. The van der Waals surface area contributed by atoms with Crippen LogP contribution < -0.4 is 9.62 Å². The van der Waals surface area contributed by atoms with Crippen LogP contribution >= 0.6 is 0 Å². The van der Waals surface area contributed by atoms with E-state index in [0.29, 0.717) is 12.1 Å². The number of hydrogen-bond acceptors (Lipinski definition) is 4. The summed E-state index contributed by atoms with van der Waals surface area (Å²) in [4.78, 5) is 6.17. The molecular weight excluding hydrogens is 322 g/mol. The zero-order valence-electron chi connectivity index (χ0n) is 14.3. The summed E-state index contributed by atoms with van der Waals surface area (Å²) in [5.74, 6) is 0.164. The molecule has 1 heterocycles. The number of sulfonamides is 1. The molecule has 5 nitrogen and oxygen atoms in total. The number of rotatable bonds is 9. The predicted octanol–water partition coefficient (Wildman–Crippen LogP) is 3.30. The number of aromatic nitrogens is 1. The standard InChI is InChI=1S/C18H25N3O2S/c1-3-4-15-24(22,23)20-17-5-7-18(8-6-17)21(2)14-11-16-9-12-19-13-10-16/h5-10,12-13,20H,3-4,11,14-15H2,1-2H3. The second-order valence-electron chi connectivity index (χ2n) is 5.85. The first-order valence-corrected chi connectivity index (χ1v) is 9.86. The van der Waals surface area contributed by atoms with Crippen molar-refractivity contribution in [2.45, 2.75) is 26.2 Å². The van der Waals surface area contributed by atoms with Gasteiger partial charge in [0.05, 0.1) is 5.75 Å². The molecule has 1 aromatic heterocycles. The molecule has 0 aliphatic heterocycles. The van der Waals surface area contributed by atoms with Crippen molar-refractivity contribution in [1.82, 2.24) is 4.98 Å². The summed E-state index contributed by atoms with van der Waals surface area (Å²) in [7, 11) is -1.22. The van der Waals surface area contributed by atoms with E-state index in [9.17, 15) is 8.42 Å². The number of hydrogen-bond donors (Lipinski definition) is 1. The first-order valence-electron chi connectivity index (χ1n) is 8.21. The van der Waals surface area contributed by atoms with E-state index in [-0.39, 0.29) is 5.75 Å². The van der Waals surface area contributed by atoms with Crippen LogP contribution in [-0.4, -0.2) is 32.7 Å². The van der Waals surface area contributed by atoms with Crippen molar-refractivity contribution in [2.75, 3.05) is 29.0 Å². The molecule has 0 atom stereocenters. The first-order chi connectivity index (χ1) is 11.5. The van der Waals surface area contributed by atoms with Crippen LogP contribution in [0.2, 0.25) is 0 Å². The average Bonchev–Trinajstić information content (AvgIpc) is 2.59. The number of nitrogens with one attached hydrogen (secondary N) is 1. The van der Waals surface area contributed by atoms with Gasteiger partial charge in [0, 0.05) is 37.4 Å². The van der Waals surface area contributed by atoms with Gasteiger partial charge in [0.25, 0.3) is 0 Å². The fourth-order valence-electron chi connectivity index (χ4n) is 2.32. The van der Waals surface area contributed by atoms with Gasteiger partial charge in [-0.3, -0.25) is 9.71 Å². The largest absolute Gasteiger partial charge is 0.374 e. The number of likely N-dealkylation sites (N-methyl/N-ethyl adjacent to an activating group) is 1. The topological polar surface area (TPSA) is 62.3 Å². The second-order valence-corrected chi connectivity index (χ2v) is 7.69. The molecule has 0 amide bonds. The van der Waals surface area contributed by atoms with Crippen LogP contribution in [0.4, 0.5) is 11.4 Å². The van der Waals surface area contributed by atoms with Gasteiger partial charge in [0.2, 0.25) is 10.0 Å². The lowest BCUT2D eigenvalue weighted by Crippen LogP contribution is -2.20. The Labute approximate surface area is 144 Å². The number of unbranched alkanes of at least 4 members (excludes halogenated alkanes) is 1. The van der Waals surface area contributed by atoms with Crippen LogP contribution in [0.3, 0.4) is 0 Å². The minimum absolute atomic E-state index is 0.164. The minimum atomic E-state index is -3.25. The van der Waals surface area contributed by atoms with Gasteiger partial charge in [-0.2, -0.15) is 0 Å². The van der Waals surface area contributed by atoms with Gasteiger partial charge in [0.1, 0.15) is 0 Å². The van der Waals surface area contributed by atoms with Crippen molar-refractivity contribution >= 4 is 21.4 Å². The van der Waals surface area contributed by atoms with Crippen LogP contribution in [0.25, 0.3) is 0 Å². The van der Waals surface area contributed by atoms with Crippen LogP contribution in [0, 0.1) is 0 Å². The van der Waals surface area contributed by atoms with Crippen LogP contribution in [0.1, 0.15) is 25.3 Å². The Morgan fingerprint density at radius 3 is 2.38 bits per heavy atom. The third-order valence-corrected chi connectivity index (χ3v) is 5.21. The molecule has 6 heteroatoms. The van der Waals surface area contributed by atoms with E-state index in [0.717, 1.165) is 25.1 Å². The molecule has 0 saturated carbocycles. The molecule has 0 bridgehead atoms. The van der Waals surface area contributed by atoms with E-state index >= 15 is 0 Å². The Hall–Kier alpha value is -2.08. The second kappa shape index (κ2) is 8.68.